The van der Waals surface area contributed by atoms with Gasteiger partial charge in [0, 0.05) is 11.6 Å². The van der Waals surface area contributed by atoms with Crippen LogP contribution in [0.5, 0.6) is 0 Å². The van der Waals surface area contributed by atoms with Crippen molar-refractivity contribution < 1.29 is 9.72 Å². The minimum absolute atomic E-state index is 0.0384. The average Bonchev–Trinajstić information content (AvgIpc) is 2.25. The van der Waals surface area contributed by atoms with Crippen LogP contribution < -0.4 is 0 Å². The molecule has 1 aromatic carbocycles. The summed E-state index contributed by atoms with van der Waals surface area (Å²) in [5.41, 5.74) is 0.260. The van der Waals surface area contributed by atoms with Gasteiger partial charge in [-0.3, -0.25) is 14.9 Å². The first-order valence-corrected chi connectivity index (χ1v) is 4.51. The number of aldehydes is 1. The minimum atomic E-state index is -0.615. The third-order valence-corrected chi connectivity index (χ3v) is 1.79. The molecule has 0 saturated heterocycles. The Morgan fingerprint density at radius 1 is 1.53 bits per heavy atom. The number of hydrogen-bond acceptors (Lipinski definition) is 3. The lowest BCUT2D eigenvalue weighted by molar-refractivity contribution is -0.385. The Labute approximate surface area is 91.0 Å². The fourth-order valence-electron chi connectivity index (χ4n) is 1.01. The molecule has 76 valence electrons. The molecule has 0 aliphatic heterocycles. The van der Waals surface area contributed by atoms with Gasteiger partial charge in [0.25, 0.3) is 5.69 Å². The molecule has 0 aromatic heterocycles. The van der Waals surface area contributed by atoms with Gasteiger partial charge in [0.2, 0.25) is 0 Å². The molecule has 5 heteroatoms. The molecule has 0 radical (unpaired) electrons. The predicted octanol–water partition coefficient (Wildman–Crippen LogP) is 2.00. The Hall–Kier alpha value is -1.86. The summed E-state index contributed by atoms with van der Waals surface area (Å²) in [5.74, 6) is 5.37. The van der Waals surface area contributed by atoms with Gasteiger partial charge in [-0.2, -0.15) is 0 Å². The zero-order valence-corrected chi connectivity index (χ0v) is 8.32. The highest BCUT2D eigenvalue weighted by Crippen LogP contribution is 2.17. The molecule has 15 heavy (non-hydrogen) atoms. The third kappa shape index (κ3) is 2.79. The lowest BCUT2D eigenvalue weighted by Crippen LogP contribution is -1.94. The first-order chi connectivity index (χ1) is 7.19. The van der Waals surface area contributed by atoms with E-state index in [1.165, 1.54) is 18.2 Å². The zero-order valence-electron chi connectivity index (χ0n) is 7.57. The van der Waals surface area contributed by atoms with Crippen LogP contribution in [0.4, 0.5) is 5.69 Å². The maximum absolute atomic E-state index is 10.6. The van der Waals surface area contributed by atoms with E-state index >= 15 is 0 Å². The predicted molar refractivity (Wildman–Crippen MR) is 56.1 cm³/mol. The summed E-state index contributed by atoms with van der Waals surface area (Å²) in [6.07, 6.45) is 0.441. The van der Waals surface area contributed by atoms with Gasteiger partial charge in [-0.25, -0.2) is 0 Å². The Kier molecular flexibility index (Phi) is 3.83. The smallest absolute Gasteiger partial charge is 0.281 e. The molecule has 0 spiro atoms. The van der Waals surface area contributed by atoms with Gasteiger partial charge >= 0.3 is 0 Å². The maximum atomic E-state index is 10.6. The fourth-order valence-corrected chi connectivity index (χ4v) is 1.08. The Morgan fingerprint density at radius 2 is 2.27 bits per heavy atom. The Morgan fingerprint density at radius 3 is 2.80 bits per heavy atom. The number of benzene rings is 1. The molecule has 0 bridgehead atoms. The fraction of sp³-hybridized carbons (Fsp3) is 0.100. The van der Waals surface area contributed by atoms with E-state index in [4.69, 9.17) is 11.6 Å². The number of nitrogens with zero attached hydrogens (tertiary/aromatic N) is 1. The highest BCUT2D eigenvalue weighted by molar-refractivity contribution is 6.19. The standard InChI is InChI=1S/C10H6ClNO3/c11-5-1-2-8-3-4-9(7-13)10(6-8)12(14)15/h3-4,6-7H,5H2. The zero-order chi connectivity index (χ0) is 11.3. The second-order valence-corrected chi connectivity index (χ2v) is 2.85. The van der Waals surface area contributed by atoms with E-state index in [1.54, 1.807) is 0 Å². The molecule has 0 aliphatic carbocycles. The average molecular weight is 224 g/mol. The van der Waals surface area contributed by atoms with Gasteiger partial charge in [0.05, 0.1) is 16.4 Å². The molecule has 1 aromatic rings. The van der Waals surface area contributed by atoms with Gasteiger partial charge < -0.3 is 0 Å². The summed E-state index contributed by atoms with van der Waals surface area (Å²) in [4.78, 5) is 20.5. The summed E-state index contributed by atoms with van der Waals surface area (Å²) < 4.78 is 0. The van der Waals surface area contributed by atoms with Crippen LogP contribution in [0.3, 0.4) is 0 Å². The van der Waals surface area contributed by atoms with Gasteiger partial charge in [0.15, 0.2) is 6.29 Å². The number of carbonyl (C=O) groups is 1. The van der Waals surface area contributed by atoms with E-state index < -0.39 is 4.92 Å². The van der Waals surface area contributed by atoms with Crippen LogP contribution in [0.1, 0.15) is 15.9 Å². The van der Waals surface area contributed by atoms with Gasteiger partial charge in [-0.1, -0.05) is 11.8 Å². The highest BCUT2D eigenvalue weighted by Gasteiger charge is 2.12. The van der Waals surface area contributed by atoms with Crippen LogP contribution in [0.2, 0.25) is 0 Å². The highest BCUT2D eigenvalue weighted by atomic mass is 35.5. The summed E-state index contributed by atoms with van der Waals surface area (Å²) in [7, 11) is 0. The number of rotatable bonds is 2. The molecule has 0 saturated carbocycles. The van der Waals surface area contributed by atoms with Crippen molar-refractivity contribution in [1.82, 2.24) is 0 Å². The van der Waals surface area contributed by atoms with Crippen LogP contribution in [0.25, 0.3) is 0 Å². The van der Waals surface area contributed by atoms with Crippen LogP contribution in [0.15, 0.2) is 18.2 Å². The number of nitro benzene ring substituents is 1. The number of nitro groups is 1. The van der Waals surface area contributed by atoms with Crippen molar-refractivity contribution in [2.75, 3.05) is 5.88 Å². The number of carbonyl (C=O) groups excluding carboxylic acids is 1. The first kappa shape index (κ1) is 11.2. The topological polar surface area (TPSA) is 60.2 Å². The van der Waals surface area contributed by atoms with Crippen molar-refractivity contribution in [3.8, 4) is 11.8 Å². The van der Waals surface area contributed by atoms with Crippen molar-refractivity contribution in [2.24, 2.45) is 0 Å². The van der Waals surface area contributed by atoms with Gasteiger partial charge in [-0.05, 0) is 12.1 Å². The molecule has 0 fully saturated rings. The van der Waals surface area contributed by atoms with E-state index in [0.717, 1.165) is 0 Å². The second-order valence-electron chi connectivity index (χ2n) is 2.58. The molecular weight excluding hydrogens is 218 g/mol. The van der Waals surface area contributed by atoms with Crippen LogP contribution in [-0.2, 0) is 0 Å². The van der Waals surface area contributed by atoms with Crippen molar-refractivity contribution in [3.05, 3.63) is 39.4 Å². The van der Waals surface area contributed by atoms with E-state index in [1.807, 2.05) is 0 Å². The first-order valence-electron chi connectivity index (χ1n) is 3.97. The summed E-state index contributed by atoms with van der Waals surface area (Å²) in [6, 6.07) is 4.16. The molecule has 0 atom stereocenters. The lowest BCUT2D eigenvalue weighted by Gasteiger charge is -1.95. The molecule has 0 aliphatic rings. The molecule has 0 N–H and O–H groups in total. The van der Waals surface area contributed by atoms with Crippen LogP contribution in [0, 0.1) is 22.0 Å². The maximum Gasteiger partial charge on any atom is 0.281 e. The van der Waals surface area contributed by atoms with Crippen molar-refractivity contribution in [3.63, 3.8) is 0 Å². The van der Waals surface area contributed by atoms with Gasteiger partial charge in [0.1, 0.15) is 0 Å². The van der Waals surface area contributed by atoms with Gasteiger partial charge in [-0.15, -0.1) is 11.6 Å². The molecule has 0 amide bonds. The SMILES string of the molecule is O=Cc1ccc(C#CCCl)cc1[N+](=O)[O-]. The van der Waals surface area contributed by atoms with Crippen molar-refractivity contribution in [1.29, 1.82) is 0 Å². The van der Waals surface area contributed by atoms with E-state index in [-0.39, 0.29) is 17.1 Å². The second kappa shape index (κ2) is 5.13. The van der Waals surface area contributed by atoms with E-state index in [9.17, 15) is 14.9 Å². The lowest BCUT2D eigenvalue weighted by atomic mass is 10.1. The molecule has 0 heterocycles. The summed E-state index contributed by atoms with van der Waals surface area (Å²) in [5, 5.41) is 10.6. The van der Waals surface area contributed by atoms with Crippen LogP contribution >= 0.6 is 11.6 Å². The van der Waals surface area contributed by atoms with Crippen LogP contribution in [-0.4, -0.2) is 17.1 Å². The largest absolute Gasteiger partial charge is 0.298 e. The van der Waals surface area contributed by atoms with Crippen molar-refractivity contribution >= 4 is 23.6 Å². The normalized spacial score (nSPS) is 8.87. The summed E-state index contributed by atoms with van der Waals surface area (Å²) in [6.45, 7) is 0. The van der Waals surface area contributed by atoms with E-state index in [2.05, 4.69) is 11.8 Å². The molecule has 1 rings (SSSR count). The molecular formula is C10H6ClNO3. The monoisotopic (exact) mass is 223 g/mol. The Balaban J connectivity index is 3.21. The number of alkyl halides is 1. The molecule has 0 unspecified atom stereocenters. The minimum Gasteiger partial charge on any atom is -0.298 e. The molecule has 4 nitrogen and oxygen atoms in total. The number of hydrogen-bond donors (Lipinski definition) is 0. The van der Waals surface area contributed by atoms with Crippen molar-refractivity contribution in [2.45, 2.75) is 0 Å². The number of halogens is 1. The van der Waals surface area contributed by atoms with E-state index in [0.29, 0.717) is 11.8 Å². The quantitative estimate of drug-likeness (QED) is 0.253. The Bertz CT molecular complexity index is 459. The third-order valence-electron chi connectivity index (χ3n) is 1.65. The summed E-state index contributed by atoms with van der Waals surface area (Å²) >= 11 is 5.35.